The summed E-state index contributed by atoms with van der Waals surface area (Å²) in [7, 11) is 0. The molecule has 1 saturated heterocycles. The van der Waals surface area contributed by atoms with Crippen molar-refractivity contribution in [3.05, 3.63) is 105 Å². The van der Waals surface area contributed by atoms with Crippen molar-refractivity contribution in [2.45, 2.75) is 6.54 Å². The zero-order valence-corrected chi connectivity index (χ0v) is 19.8. The Morgan fingerprint density at radius 2 is 1.78 bits per heavy atom. The third-order valence-electron chi connectivity index (χ3n) is 5.22. The third-order valence-corrected chi connectivity index (χ3v) is 6.81. The standard InChI is InChI=1S/C25H16BrClN2O2S/c26-18-9-10-22-21(12-18)17(15-28(22)14-16-5-2-1-3-6-16)11-23-24(30)29(25(31)32-23)20-8-4-7-19(27)13-20/h1-13,15H,14H2/b23-11-. The van der Waals surface area contributed by atoms with Crippen molar-refractivity contribution in [3.63, 3.8) is 0 Å². The Labute approximate surface area is 202 Å². The van der Waals surface area contributed by atoms with Gasteiger partial charge in [-0.25, -0.2) is 4.90 Å². The first-order valence-electron chi connectivity index (χ1n) is 9.85. The lowest BCUT2D eigenvalue weighted by atomic mass is 10.1. The molecule has 0 saturated carbocycles. The van der Waals surface area contributed by atoms with Crippen molar-refractivity contribution < 1.29 is 9.59 Å². The summed E-state index contributed by atoms with van der Waals surface area (Å²) in [6.45, 7) is 0.705. The molecule has 0 bridgehead atoms. The second-order valence-electron chi connectivity index (χ2n) is 7.36. The van der Waals surface area contributed by atoms with E-state index in [4.69, 9.17) is 11.6 Å². The molecule has 0 atom stereocenters. The van der Waals surface area contributed by atoms with Crippen LogP contribution in [0.1, 0.15) is 11.1 Å². The zero-order valence-electron chi connectivity index (χ0n) is 16.7. The minimum Gasteiger partial charge on any atom is -0.342 e. The molecule has 0 spiro atoms. The number of fused-ring (bicyclic) bond motifs is 1. The Morgan fingerprint density at radius 3 is 2.56 bits per heavy atom. The molecule has 1 fully saturated rings. The van der Waals surface area contributed by atoms with Crippen LogP contribution in [0.25, 0.3) is 17.0 Å². The first-order chi connectivity index (χ1) is 15.5. The van der Waals surface area contributed by atoms with E-state index in [-0.39, 0.29) is 11.1 Å². The maximum atomic E-state index is 13.1. The maximum Gasteiger partial charge on any atom is 0.298 e. The average molecular weight is 524 g/mol. The Hall–Kier alpha value is -2.80. The predicted molar refractivity (Wildman–Crippen MR) is 135 cm³/mol. The summed E-state index contributed by atoms with van der Waals surface area (Å²) in [6, 6.07) is 23.0. The van der Waals surface area contributed by atoms with Crippen molar-refractivity contribution >= 4 is 73.1 Å². The predicted octanol–water partition coefficient (Wildman–Crippen LogP) is 7.35. The number of nitrogens with zero attached hydrogens (tertiary/aromatic N) is 2. The summed E-state index contributed by atoms with van der Waals surface area (Å²) in [6.07, 6.45) is 3.82. The van der Waals surface area contributed by atoms with Gasteiger partial charge in [0.05, 0.1) is 10.6 Å². The van der Waals surface area contributed by atoms with Gasteiger partial charge in [-0.05, 0) is 59.8 Å². The highest BCUT2D eigenvalue weighted by atomic mass is 79.9. The van der Waals surface area contributed by atoms with Gasteiger partial charge in [-0.1, -0.05) is 63.9 Å². The lowest BCUT2D eigenvalue weighted by molar-refractivity contribution is -0.113. The highest BCUT2D eigenvalue weighted by Crippen LogP contribution is 2.38. The summed E-state index contributed by atoms with van der Waals surface area (Å²) < 4.78 is 3.11. The van der Waals surface area contributed by atoms with Gasteiger partial charge in [0.1, 0.15) is 0 Å². The van der Waals surface area contributed by atoms with E-state index >= 15 is 0 Å². The second-order valence-corrected chi connectivity index (χ2v) is 9.70. The van der Waals surface area contributed by atoms with E-state index in [0.29, 0.717) is 22.2 Å². The molecule has 1 aliphatic rings. The van der Waals surface area contributed by atoms with Crippen LogP contribution in [0.15, 0.2) is 88.4 Å². The number of benzene rings is 3. The minimum atomic E-state index is -0.346. The monoisotopic (exact) mass is 522 g/mol. The largest absolute Gasteiger partial charge is 0.342 e. The Balaban J connectivity index is 1.55. The van der Waals surface area contributed by atoms with E-state index < -0.39 is 0 Å². The van der Waals surface area contributed by atoms with Crippen molar-refractivity contribution in [2.75, 3.05) is 4.90 Å². The fourth-order valence-electron chi connectivity index (χ4n) is 3.77. The van der Waals surface area contributed by atoms with E-state index in [1.165, 1.54) is 10.5 Å². The summed E-state index contributed by atoms with van der Waals surface area (Å²) in [4.78, 5) is 27.3. The van der Waals surface area contributed by atoms with Gasteiger partial charge in [0, 0.05) is 38.7 Å². The van der Waals surface area contributed by atoms with Crippen LogP contribution in [0.2, 0.25) is 5.02 Å². The lowest BCUT2D eigenvalue weighted by Crippen LogP contribution is -2.27. The van der Waals surface area contributed by atoms with Crippen LogP contribution in [0.3, 0.4) is 0 Å². The van der Waals surface area contributed by atoms with E-state index in [9.17, 15) is 9.59 Å². The number of amides is 2. The van der Waals surface area contributed by atoms with Crippen LogP contribution in [-0.4, -0.2) is 15.7 Å². The highest BCUT2D eigenvalue weighted by Gasteiger charge is 2.36. The molecule has 1 aliphatic heterocycles. The molecule has 0 radical (unpaired) electrons. The number of anilines is 1. The summed E-state index contributed by atoms with van der Waals surface area (Å²) in [5.74, 6) is -0.346. The lowest BCUT2D eigenvalue weighted by Gasteiger charge is -2.12. The number of carbonyl (C=O) groups is 2. The molecule has 158 valence electrons. The van der Waals surface area contributed by atoms with E-state index in [1.54, 1.807) is 30.3 Å². The topological polar surface area (TPSA) is 42.3 Å². The molecule has 2 heterocycles. The second kappa shape index (κ2) is 8.62. The van der Waals surface area contributed by atoms with Gasteiger partial charge in [-0.15, -0.1) is 0 Å². The first kappa shape index (κ1) is 21.1. The van der Waals surface area contributed by atoms with Crippen LogP contribution < -0.4 is 4.90 Å². The molecule has 3 aromatic carbocycles. The Morgan fingerprint density at radius 1 is 0.969 bits per heavy atom. The van der Waals surface area contributed by atoms with Crippen molar-refractivity contribution in [2.24, 2.45) is 0 Å². The van der Waals surface area contributed by atoms with Gasteiger partial charge in [0.15, 0.2) is 0 Å². The van der Waals surface area contributed by atoms with Gasteiger partial charge >= 0.3 is 0 Å². The van der Waals surface area contributed by atoms with Crippen LogP contribution in [0.4, 0.5) is 10.5 Å². The third kappa shape index (κ3) is 4.01. The molecule has 7 heteroatoms. The molecule has 1 aromatic heterocycles. The van der Waals surface area contributed by atoms with Crippen molar-refractivity contribution in [3.8, 4) is 0 Å². The van der Waals surface area contributed by atoms with Gasteiger partial charge in [0.25, 0.3) is 11.1 Å². The quantitative estimate of drug-likeness (QED) is 0.263. The minimum absolute atomic E-state index is 0.335. The average Bonchev–Trinajstić information content (AvgIpc) is 3.24. The Bertz CT molecular complexity index is 1400. The van der Waals surface area contributed by atoms with Crippen molar-refractivity contribution in [1.29, 1.82) is 0 Å². The number of carbonyl (C=O) groups excluding carboxylic acids is 2. The van der Waals surface area contributed by atoms with E-state index in [1.807, 2.05) is 36.5 Å². The number of aromatic nitrogens is 1. The maximum absolute atomic E-state index is 13.1. The molecule has 4 nitrogen and oxygen atoms in total. The molecular weight excluding hydrogens is 508 g/mol. The summed E-state index contributed by atoms with van der Waals surface area (Å²) >= 11 is 10.5. The van der Waals surface area contributed by atoms with Gasteiger partial charge in [-0.3, -0.25) is 9.59 Å². The molecular formula is C25H16BrClN2O2S. The van der Waals surface area contributed by atoms with Crippen LogP contribution in [-0.2, 0) is 11.3 Å². The number of rotatable bonds is 4. The summed E-state index contributed by atoms with van der Waals surface area (Å²) in [5, 5.41) is 1.14. The van der Waals surface area contributed by atoms with Gasteiger partial charge in [-0.2, -0.15) is 0 Å². The number of hydrogen-bond donors (Lipinski definition) is 0. The highest BCUT2D eigenvalue weighted by molar-refractivity contribution is 9.10. The molecule has 2 amide bonds. The number of imide groups is 1. The van der Waals surface area contributed by atoms with Gasteiger partial charge < -0.3 is 4.57 Å². The normalized spacial score (nSPS) is 15.3. The van der Waals surface area contributed by atoms with Crippen LogP contribution in [0, 0.1) is 0 Å². The molecule has 0 aliphatic carbocycles. The Kier molecular flexibility index (Phi) is 5.67. The van der Waals surface area contributed by atoms with Gasteiger partial charge in [0.2, 0.25) is 0 Å². The fourth-order valence-corrected chi connectivity index (χ4v) is 5.15. The number of halogens is 2. The smallest absolute Gasteiger partial charge is 0.298 e. The SMILES string of the molecule is O=C1S/C(=C\c2cn(Cc3ccccc3)c3ccc(Br)cc23)C(=O)N1c1cccc(Cl)c1. The number of thioether (sulfide) groups is 1. The fraction of sp³-hybridized carbons (Fsp3) is 0.0400. The first-order valence-corrected chi connectivity index (χ1v) is 11.8. The van der Waals surface area contributed by atoms with Crippen molar-refractivity contribution in [1.82, 2.24) is 4.57 Å². The molecule has 5 rings (SSSR count). The van der Waals surface area contributed by atoms with Crippen LogP contribution >= 0.6 is 39.3 Å². The number of hydrogen-bond acceptors (Lipinski definition) is 3. The van der Waals surface area contributed by atoms with Crippen LogP contribution in [0.5, 0.6) is 0 Å². The molecule has 32 heavy (non-hydrogen) atoms. The zero-order chi connectivity index (χ0) is 22.2. The molecule has 0 unspecified atom stereocenters. The van der Waals surface area contributed by atoms with E-state index in [0.717, 1.165) is 32.7 Å². The molecule has 4 aromatic rings. The van der Waals surface area contributed by atoms with E-state index in [2.05, 4.69) is 38.7 Å². The summed E-state index contributed by atoms with van der Waals surface area (Å²) in [5.41, 5.74) is 3.59. The molecule has 0 N–H and O–H groups in total.